The zero-order valence-electron chi connectivity index (χ0n) is 10.2. The molecule has 0 aliphatic rings. The molecule has 1 unspecified atom stereocenters. The molecule has 1 atom stereocenters. The highest BCUT2D eigenvalue weighted by Crippen LogP contribution is 2.30. The molecule has 0 saturated carbocycles. The van der Waals surface area contributed by atoms with Crippen molar-refractivity contribution in [3.63, 3.8) is 0 Å². The molecule has 0 fully saturated rings. The van der Waals surface area contributed by atoms with Crippen LogP contribution in [0.4, 0.5) is 5.69 Å². The van der Waals surface area contributed by atoms with Crippen LogP contribution in [0.5, 0.6) is 0 Å². The first-order valence-electron chi connectivity index (χ1n) is 5.12. The molecule has 102 valence electrons. The van der Waals surface area contributed by atoms with E-state index >= 15 is 0 Å². The lowest BCUT2D eigenvalue weighted by Gasteiger charge is -2.11. The molecule has 6 nitrogen and oxygen atoms in total. The van der Waals surface area contributed by atoms with E-state index in [-0.39, 0.29) is 9.92 Å². The molecule has 0 aliphatic carbocycles. The molecule has 1 aromatic carbocycles. The van der Waals surface area contributed by atoms with E-state index in [1.807, 2.05) is 0 Å². The van der Waals surface area contributed by atoms with Crippen LogP contribution in [-0.2, 0) is 10.0 Å². The van der Waals surface area contributed by atoms with E-state index in [0.29, 0.717) is 5.56 Å². The summed E-state index contributed by atoms with van der Waals surface area (Å²) in [6.07, 6.45) is 5.09. The molecule has 0 heterocycles. The Balaban J connectivity index is 3.39. The molecule has 0 bridgehead atoms. The number of aryl methyl sites for hydroxylation is 1. The van der Waals surface area contributed by atoms with Crippen molar-refractivity contribution in [2.45, 2.75) is 24.8 Å². The molecule has 1 N–H and O–H groups in total. The normalized spacial score (nSPS) is 12.7. The summed E-state index contributed by atoms with van der Waals surface area (Å²) in [7, 11) is -3.93. The fraction of sp³-hybridized carbons (Fsp3) is 0.273. The number of sulfonamides is 1. The van der Waals surface area contributed by atoms with Gasteiger partial charge in [0.1, 0.15) is 5.02 Å². The van der Waals surface area contributed by atoms with Crippen LogP contribution >= 0.6 is 11.6 Å². The Morgan fingerprint density at radius 1 is 1.53 bits per heavy atom. The summed E-state index contributed by atoms with van der Waals surface area (Å²) >= 11 is 5.69. The van der Waals surface area contributed by atoms with Gasteiger partial charge in [-0.1, -0.05) is 17.5 Å². The Morgan fingerprint density at radius 2 is 2.11 bits per heavy atom. The number of terminal acetylenes is 1. The van der Waals surface area contributed by atoms with E-state index in [1.165, 1.54) is 19.9 Å². The third-order valence-electron chi connectivity index (χ3n) is 2.31. The molecule has 0 spiro atoms. The van der Waals surface area contributed by atoms with Crippen molar-refractivity contribution < 1.29 is 13.3 Å². The van der Waals surface area contributed by atoms with E-state index < -0.39 is 26.7 Å². The summed E-state index contributed by atoms with van der Waals surface area (Å²) < 4.78 is 26.3. The first kappa shape index (κ1) is 15.4. The minimum Gasteiger partial charge on any atom is -0.258 e. The number of rotatable bonds is 4. The molecule has 0 aliphatic heterocycles. The van der Waals surface area contributed by atoms with E-state index in [9.17, 15) is 18.5 Å². The van der Waals surface area contributed by atoms with Gasteiger partial charge in [-0.2, -0.15) is 4.72 Å². The molecular weight excluding hydrogens is 292 g/mol. The van der Waals surface area contributed by atoms with Crippen molar-refractivity contribution in [3.8, 4) is 12.3 Å². The molecule has 19 heavy (non-hydrogen) atoms. The second-order valence-corrected chi connectivity index (χ2v) is 5.93. The maximum Gasteiger partial charge on any atom is 0.289 e. The number of nitrogens with zero attached hydrogens (tertiary/aromatic N) is 1. The van der Waals surface area contributed by atoms with E-state index in [1.54, 1.807) is 0 Å². The summed E-state index contributed by atoms with van der Waals surface area (Å²) in [5, 5.41) is 10.6. The average molecular weight is 303 g/mol. The van der Waals surface area contributed by atoms with Crippen LogP contribution in [0.25, 0.3) is 0 Å². The largest absolute Gasteiger partial charge is 0.289 e. The molecule has 0 aromatic heterocycles. The minimum atomic E-state index is -3.93. The molecular formula is C11H11ClN2O4S. The van der Waals surface area contributed by atoms with Crippen molar-refractivity contribution >= 4 is 27.3 Å². The topological polar surface area (TPSA) is 89.3 Å². The van der Waals surface area contributed by atoms with Gasteiger partial charge in [-0.05, 0) is 25.5 Å². The van der Waals surface area contributed by atoms with Crippen LogP contribution in [0.3, 0.4) is 0 Å². The van der Waals surface area contributed by atoms with E-state index in [2.05, 4.69) is 10.6 Å². The number of hydrogen-bond acceptors (Lipinski definition) is 4. The molecule has 0 amide bonds. The Labute approximate surface area is 116 Å². The highest BCUT2D eigenvalue weighted by atomic mass is 35.5. The van der Waals surface area contributed by atoms with Crippen LogP contribution in [0.1, 0.15) is 12.5 Å². The Hall–Kier alpha value is -1.62. The highest BCUT2D eigenvalue weighted by Gasteiger charge is 2.24. The second kappa shape index (κ2) is 5.57. The van der Waals surface area contributed by atoms with Crippen molar-refractivity contribution in [2.75, 3.05) is 0 Å². The Morgan fingerprint density at radius 3 is 2.58 bits per heavy atom. The standard InChI is InChI=1S/C11H11ClN2O4S/c1-4-8(3)13-19(17,18)11-6-10(14(15)16)9(12)5-7(11)2/h1,5-6,8,13H,2-3H3. The maximum absolute atomic E-state index is 12.0. The number of nitro benzene ring substituents is 1. The molecule has 1 rings (SSSR count). The van der Waals surface area contributed by atoms with Crippen molar-refractivity contribution in [3.05, 3.63) is 32.8 Å². The average Bonchev–Trinajstić information content (AvgIpc) is 2.27. The zero-order chi connectivity index (χ0) is 14.8. The van der Waals surface area contributed by atoms with Crippen molar-refractivity contribution in [1.82, 2.24) is 4.72 Å². The summed E-state index contributed by atoms with van der Waals surface area (Å²) in [5.41, 5.74) is -0.173. The lowest BCUT2D eigenvalue weighted by atomic mass is 10.2. The Kier molecular flexibility index (Phi) is 4.52. The number of nitrogens with one attached hydrogen (secondary N) is 1. The first-order chi connectivity index (χ1) is 8.69. The maximum atomic E-state index is 12.0. The lowest BCUT2D eigenvalue weighted by molar-refractivity contribution is -0.384. The van der Waals surface area contributed by atoms with Crippen LogP contribution in [0.15, 0.2) is 17.0 Å². The number of hydrogen-bond donors (Lipinski definition) is 1. The summed E-state index contributed by atoms with van der Waals surface area (Å²) in [5.74, 6) is 2.21. The molecule has 8 heteroatoms. The van der Waals surface area contributed by atoms with Crippen LogP contribution in [0.2, 0.25) is 5.02 Å². The van der Waals surface area contributed by atoms with Gasteiger partial charge in [-0.15, -0.1) is 6.42 Å². The quantitative estimate of drug-likeness (QED) is 0.522. The van der Waals surface area contributed by atoms with Gasteiger partial charge in [-0.3, -0.25) is 10.1 Å². The van der Waals surface area contributed by atoms with Gasteiger partial charge >= 0.3 is 0 Å². The monoisotopic (exact) mass is 302 g/mol. The minimum absolute atomic E-state index is 0.119. The summed E-state index contributed by atoms with van der Waals surface area (Å²) in [6, 6.07) is 1.43. The smallest absolute Gasteiger partial charge is 0.258 e. The molecule has 0 saturated heterocycles. The fourth-order valence-corrected chi connectivity index (χ4v) is 3.10. The lowest BCUT2D eigenvalue weighted by Crippen LogP contribution is -2.31. The third kappa shape index (κ3) is 3.44. The third-order valence-corrected chi connectivity index (χ3v) is 4.30. The predicted octanol–water partition coefficient (Wildman–Crippen LogP) is 1.86. The van der Waals surface area contributed by atoms with Crippen molar-refractivity contribution in [2.24, 2.45) is 0 Å². The zero-order valence-corrected chi connectivity index (χ0v) is 11.7. The van der Waals surface area contributed by atoms with Gasteiger partial charge in [0, 0.05) is 6.07 Å². The van der Waals surface area contributed by atoms with Crippen LogP contribution in [0, 0.1) is 29.4 Å². The Bertz CT molecular complexity index is 664. The van der Waals surface area contributed by atoms with Gasteiger partial charge in [0.25, 0.3) is 5.69 Å². The van der Waals surface area contributed by atoms with E-state index in [4.69, 9.17) is 18.0 Å². The number of benzene rings is 1. The summed E-state index contributed by atoms with van der Waals surface area (Å²) in [4.78, 5) is 9.80. The van der Waals surface area contributed by atoms with Gasteiger partial charge < -0.3 is 0 Å². The van der Waals surface area contributed by atoms with Gasteiger partial charge in [-0.25, -0.2) is 8.42 Å². The molecule has 1 aromatic rings. The number of nitro groups is 1. The number of halogens is 1. The predicted molar refractivity (Wildman–Crippen MR) is 71.5 cm³/mol. The highest BCUT2D eigenvalue weighted by molar-refractivity contribution is 7.89. The van der Waals surface area contributed by atoms with Gasteiger partial charge in [0.05, 0.1) is 15.9 Å². The summed E-state index contributed by atoms with van der Waals surface area (Å²) in [6.45, 7) is 2.97. The first-order valence-corrected chi connectivity index (χ1v) is 6.98. The fourth-order valence-electron chi connectivity index (χ4n) is 1.40. The van der Waals surface area contributed by atoms with Gasteiger partial charge in [0.2, 0.25) is 10.0 Å². The van der Waals surface area contributed by atoms with Crippen LogP contribution < -0.4 is 4.72 Å². The SMILES string of the molecule is C#CC(C)NS(=O)(=O)c1cc([N+](=O)[O-])c(Cl)cc1C. The second-order valence-electron chi connectivity index (χ2n) is 3.84. The van der Waals surface area contributed by atoms with Crippen molar-refractivity contribution in [1.29, 1.82) is 0 Å². The van der Waals surface area contributed by atoms with Crippen LogP contribution in [-0.4, -0.2) is 19.4 Å². The van der Waals surface area contributed by atoms with Gasteiger partial charge in [0.15, 0.2) is 0 Å². The van der Waals surface area contributed by atoms with E-state index in [0.717, 1.165) is 6.07 Å². The molecule has 0 radical (unpaired) electrons.